The van der Waals surface area contributed by atoms with Gasteiger partial charge in [-0.05, 0) is 36.8 Å². The Bertz CT molecular complexity index is 1980. The molecule has 1 amide bonds. The number of amides is 1. The number of hydrogen-bond donors (Lipinski definition) is 3. The van der Waals surface area contributed by atoms with Crippen LogP contribution in [0, 0.1) is 0 Å². The normalized spacial score (nSPS) is 12.1. The van der Waals surface area contributed by atoms with Gasteiger partial charge in [0.05, 0.1) is 53.5 Å². The predicted octanol–water partition coefficient (Wildman–Crippen LogP) is 4.90. The molecule has 0 spiro atoms. The van der Waals surface area contributed by atoms with Crippen molar-refractivity contribution in [2.24, 2.45) is 0 Å². The number of ether oxygens (including phenoxy) is 7. The third-order valence-electron chi connectivity index (χ3n) is 9.03. The standard InChI is InChI=1S/C40H51N7O10/c1-7-9-29(16-17-48)57-39-44-38(46(24-27-10-13-30(51-3)20-33(27)53-5)25-28-11-14-31(52-4)21-34(28)54-6)37-43-23-32(47(37)45-39)36(49)26-12-15-35(42-22-26)55-18-8-19-56-40(50)41-2/h10-15,20-23,29,36,48-49H,7-9,16-19,24-25H2,1-6H3,(H,41,50). The summed E-state index contributed by atoms with van der Waals surface area (Å²) in [6.45, 7) is 3.00. The maximum absolute atomic E-state index is 11.8. The zero-order valence-electron chi connectivity index (χ0n) is 33.1. The highest BCUT2D eigenvalue weighted by Crippen LogP contribution is 2.34. The minimum atomic E-state index is -1.21. The van der Waals surface area contributed by atoms with Crippen LogP contribution in [0.2, 0.25) is 0 Å². The molecular formula is C40H51N7O10. The molecule has 2 aromatic carbocycles. The van der Waals surface area contributed by atoms with Gasteiger partial charge in [-0.25, -0.2) is 19.3 Å². The Morgan fingerprint density at radius 3 is 2.12 bits per heavy atom. The fourth-order valence-corrected chi connectivity index (χ4v) is 6.05. The Kier molecular flexibility index (Phi) is 15.3. The van der Waals surface area contributed by atoms with Crippen molar-refractivity contribution in [3.63, 3.8) is 0 Å². The van der Waals surface area contributed by atoms with Gasteiger partial charge < -0.3 is 53.6 Å². The second-order valence-corrected chi connectivity index (χ2v) is 12.8. The predicted molar refractivity (Wildman–Crippen MR) is 210 cm³/mol. The highest BCUT2D eigenvalue weighted by molar-refractivity contribution is 5.67. The number of aliphatic hydroxyl groups is 2. The molecule has 0 bridgehead atoms. The molecular weight excluding hydrogens is 738 g/mol. The van der Waals surface area contributed by atoms with Crippen molar-refractivity contribution in [2.75, 3.05) is 60.2 Å². The van der Waals surface area contributed by atoms with Crippen LogP contribution in [0.4, 0.5) is 10.6 Å². The molecule has 3 heterocycles. The summed E-state index contributed by atoms with van der Waals surface area (Å²) in [7, 11) is 7.87. The lowest BCUT2D eigenvalue weighted by Gasteiger charge is -2.27. The smallest absolute Gasteiger partial charge is 0.406 e. The van der Waals surface area contributed by atoms with Crippen molar-refractivity contribution in [3.05, 3.63) is 83.3 Å². The third kappa shape index (κ3) is 10.8. The van der Waals surface area contributed by atoms with E-state index in [0.717, 1.165) is 17.5 Å². The molecule has 5 rings (SSSR count). The number of carbonyl (C=O) groups is 1. The van der Waals surface area contributed by atoms with Gasteiger partial charge in [-0.1, -0.05) is 13.3 Å². The number of aliphatic hydroxyl groups excluding tert-OH is 2. The van der Waals surface area contributed by atoms with Crippen LogP contribution >= 0.6 is 0 Å². The number of pyridine rings is 1. The molecule has 57 heavy (non-hydrogen) atoms. The van der Waals surface area contributed by atoms with Crippen LogP contribution in [0.1, 0.15) is 61.1 Å². The van der Waals surface area contributed by atoms with Crippen LogP contribution in [-0.2, 0) is 17.8 Å². The Labute approximate surface area is 331 Å². The molecule has 0 saturated heterocycles. The van der Waals surface area contributed by atoms with Crippen molar-refractivity contribution in [1.82, 2.24) is 29.9 Å². The van der Waals surface area contributed by atoms with Crippen LogP contribution in [0.15, 0.2) is 60.9 Å². The Balaban J connectivity index is 1.57. The second kappa shape index (κ2) is 20.7. The number of imidazole rings is 1. The van der Waals surface area contributed by atoms with E-state index < -0.39 is 12.2 Å². The van der Waals surface area contributed by atoms with Crippen molar-refractivity contribution < 1.29 is 48.2 Å². The summed E-state index contributed by atoms with van der Waals surface area (Å²) in [5.74, 6) is 3.22. The van der Waals surface area contributed by atoms with E-state index in [0.29, 0.717) is 70.9 Å². The number of alkyl carbamates (subject to hydrolysis) is 1. The largest absolute Gasteiger partial charge is 0.497 e. The molecule has 0 aliphatic heterocycles. The van der Waals surface area contributed by atoms with Crippen molar-refractivity contribution in [2.45, 2.75) is 57.9 Å². The molecule has 3 aromatic heterocycles. The number of carbonyl (C=O) groups excluding carboxylic acids is 1. The van der Waals surface area contributed by atoms with Gasteiger partial charge in [0, 0.05) is 80.7 Å². The lowest BCUT2D eigenvalue weighted by Crippen LogP contribution is -2.26. The highest BCUT2D eigenvalue weighted by Gasteiger charge is 2.26. The van der Waals surface area contributed by atoms with Crippen molar-refractivity contribution in [1.29, 1.82) is 0 Å². The average molecular weight is 790 g/mol. The van der Waals surface area contributed by atoms with Gasteiger partial charge in [-0.2, -0.15) is 4.98 Å². The molecule has 17 nitrogen and oxygen atoms in total. The molecule has 0 saturated carbocycles. The number of nitrogens with one attached hydrogen (secondary N) is 1. The number of fused-ring (bicyclic) bond motifs is 1. The summed E-state index contributed by atoms with van der Waals surface area (Å²) >= 11 is 0. The van der Waals surface area contributed by atoms with E-state index in [1.165, 1.54) is 24.0 Å². The molecule has 0 radical (unpaired) electrons. The first kappa shape index (κ1) is 42.1. The lowest BCUT2D eigenvalue weighted by molar-refractivity contribution is 0.132. The van der Waals surface area contributed by atoms with Crippen LogP contribution < -0.4 is 38.6 Å². The zero-order chi connectivity index (χ0) is 40.7. The summed E-state index contributed by atoms with van der Waals surface area (Å²) < 4.78 is 41.1. The second-order valence-electron chi connectivity index (χ2n) is 12.8. The molecule has 0 aliphatic rings. The van der Waals surface area contributed by atoms with Gasteiger partial charge in [-0.15, -0.1) is 5.10 Å². The minimum absolute atomic E-state index is 0.0338. The quantitative estimate of drug-likeness (QED) is 0.0802. The number of methoxy groups -OCH3 is 4. The first-order valence-corrected chi connectivity index (χ1v) is 18.6. The van der Waals surface area contributed by atoms with Gasteiger partial charge in [0.1, 0.15) is 35.2 Å². The number of hydrogen-bond acceptors (Lipinski definition) is 15. The summed E-state index contributed by atoms with van der Waals surface area (Å²) in [6.07, 6.45) is 3.28. The van der Waals surface area contributed by atoms with E-state index in [9.17, 15) is 15.0 Å². The number of aromatic nitrogens is 5. The molecule has 0 fully saturated rings. The molecule has 5 aromatic rings. The Hall–Kier alpha value is -6.07. The van der Waals surface area contributed by atoms with Gasteiger partial charge in [0.25, 0.3) is 0 Å². The summed E-state index contributed by atoms with van der Waals surface area (Å²) in [5.41, 5.74) is 2.79. The van der Waals surface area contributed by atoms with Crippen LogP contribution in [0.3, 0.4) is 0 Å². The van der Waals surface area contributed by atoms with E-state index >= 15 is 0 Å². The molecule has 3 N–H and O–H groups in total. The van der Waals surface area contributed by atoms with Gasteiger partial charge in [0.2, 0.25) is 5.88 Å². The van der Waals surface area contributed by atoms with E-state index in [-0.39, 0.29) is 45.0 Å². The number of benzene rings is 2. The zero-order valence-corrected chi connectivity index (χ0v) is 33.1. The number of nitrogens with zero attached hydrogens (tertiary/aromatic N) is 6. The molecule has 17 heteroatoms. The minimum Gasteiger partial charge on any atom is -0.497 e. The van der Waals surface area contributed by atoms with E-state index in [4.69, 9.17) is 48.2 Å². The first-order valence-electron chi connectivity index (χ1n) is 18.6. The van der Waals surface area contributed by atoms with E-state index in [2.05, 4.69) is 10.3 Å². The average Bonchev–Trinajstić information content (AvgIpc) is 3.67. The number of anilines is 1. The van der Waals surface area contributed by atoms with Gasteiger partial charge in [-0.3, -0.25) is 0 Å². The number of rotatable bonds is 22. The monoisotopic (exact) mass is 789 g/mol. The van der Waals surface area contributed by atoms with Crippen molar-refractivity contribution >= 4 is 17.6 Å². The van der Waals surface area contributed by atoms with E-state index in [1.807, 2.05) is 48.2 Å². The fourth-order valence-electron chi connectivity index (χ4n) is 6.05. The topological polar surface area (TPSA) is 193 Å². The van der Waals surface area contributed by atoms with Gasteiger partial charge in [0.15, 0.2) is 11.5 Å². The third-order valence-corrected chi connectivity index (χ3v) is 9.03. The summed E-state index contributed by atoms with van der Waals surface area (Å²) in [5, 5.41) is 28.7. The fraction of sp³-hybridized carbons (Fsp3) is 0.425. The summed E-state index contributed by atoms with van der Waals surface area (Å²) in [6, 6.07) is 14.6. The molecule has 0 aliphatic carbocycles. The molecule has 2 atom stereocenters. The van der Waals surface area contributed by atoms with Crippen LogP contribution in [0.25, 0.3) is 5.65 Å². The Morgan fingerprint density at radius 1 is 0.877 bits per heavy atom. The van der Waals surface area contributed by atoms with Gasteiger partial charge >= 0.3 is 12.1 Å². The van der Waals surface area contributed by atoms with Crippen molar-refractivity contribution in [3.8, 4) is 34.9 Å². The maximum Gasteiger partial charge on any atom is 0.406 e. The van der Waals surface area contributed by atoms with E-state index in [1.54, 1.807) is 40.6 Å². The Morgan fingerprint density at radius 2 is 1.56 bits per heavy atom. The maximum atomic E-state index is 11.8. The highest BCUT2D eigenvalue weighted by atomic mass is 16.6. The molecule has 2 unspecified atom stereocenters. The summed E-state index contributed by atoms with van der Waals surface area (Å²) in [4.78, 5) is 27.3. The SMILES string of the molecule is CCCC(CCO)Oc1nc(N(Cc2ccc(OC)cc2OC)Cc2ccc(OC)cc2OC)c2ncc(C(O)c3ccc(OCCCOC(=O)NC)nc3)n2n1. The van der Waals surface area contributed by atoms with Crippen LogP contribution in [0.5, 0.6) is 34.9 Å². The first-order chi connectivity index (χ1) is 27.7. The molecule has 306 valence electrons. The van der Waals surface area contributed by atoms with Crippen LogP contribution in [-0.4, -0.2) is 102 Å². The lowest BCUT2D eigenvalue weighted by atomic mass is 10.1.